The highest BCUT2D eigenvalue weighted by molar-refractivity contribution is 7.81. The number of benzene rings is 1. The molecule has 1 heterocycles. The van der Waals surface area contributed by atoms with Crippen LogP contribution in [0.5, 0.6) is 0 Å². The Morgan fingerprint density at radius 1 is 1.22 bits per heavy atom. The molecule has 0 spiro atoms. The van der Waals surface area contributed by atoms with Gasteiger partial charge in [-0.25, -0.2) is 4.79 Å². The molecule has 1 saturated heterocycles. The summed E-state index contributed by atoms with van der Waals surface area (Å²) >= 11 is 4.26. The fourth-order valence-corrected chi connectivity index (χ4v) is 3.66. The van der Waals surface area contributed by atoms with Crippen LogP contribution in [0.4, 0.5) is 0 Å². The van der Waals surface area contributed by atoms with E-state index in [2.05, 4.69) is 17.9 Å². The van der Waals surface area contributed by atoms with E-state index in [9.17, 15) is 19.5 Å². The van der Waals surface area contributed by atoms with Gasteiger partial charge in [0.2, 0.25) is 11.8 Å². The minimum Gasteiger partial charge on any atom is -0.480 e. The zero-order valence-electron chi connectivity index (χ0n) is 15.2. The standard InChI is InChI=1S/C19H27N3O4S/c20-11-5-4-8-16(27)18(24)21-12-17(23)22-14(9-10-15(22)19(25)26)13-6-2-1-3-7-13/h1-3,6-7,14-16,27H,4-5,8-12,20H2,(H,21,24)(H,25,26)/t14-,15+,16+/m1/s1. The van der Waals surface area contributed by atoms with E-state index in [-0.39, 0.29) is 18.5 Å². The van der Waals surface area contributed by atoms with Crippen LogP contribution < -0.4 is 11.1 Å². The van der Waals surface area contributed by atoms with Crippen molar-refractivity contribution in [1.29, 1.82) is 0 Å². The SMILES string of the molecule is NCCCC[C@H](S)C(=O)NCC(=O)N1[C@@H](c2ccccc2)CC[C@H]1C(=O)O. The normalized spacial score (nSPS) is 20.3. The van der Waals surface area contributed by atoms with Gasteiger partial charge in [-0.2, -0.15) is 12.6 Å². The number of nitrogens with zero attached hydrogens (tertiary/aromatic N) is 1. The number of carboxylic acids is 1. The third-order valence-corrected chi connectivity index (χ3v) is 5.28. The highest BCUT2D eigenvalue weighted by Gasteiger charge is 2.41. The number of thiol groups is 1. The summed E-state index contributed by atoms with van der Waals surface area (Å²) < 4.78 is 0. The molecule has 4 N–H and O–H groups in total. The lowest BCUT2D eigenvalue weighted by molar-refractivity contribution is -0.149. The van der Waals surface area contributed by atoms with Crippen molar-refractivity contribution in [2.24, 2.45) is 5.73 Å². The molecule has 148 valence electrons. The number of unbranched alkanes of at least 4 members (excludes halogenated alkanes) is 1. The summed E-state index contributed by atoms with van der Waals surface area (Å²) in [6, 6.07) is 8.19. The largest absolute Gasteiger partial charge is 0.480 e. The number of carbonyl (C=O) groups is 3. The van der Waals surface area contributed by atoms with Crippen LogP contribution in [0.15, 0.2) is 30.3 Å². The van der Waals surface area contributed by atoms with Gasteiger partial charge in [-0.05, 0) is 37.8 Å². The molecule has 0 aromatic heterocycles. The quantitative estimate of drug-likeness (QED) is 0.374. The zero-order valence-corrected chi connectivity index (χ0v) is 16.1. The Bertz CT molecular complexity index is 656. The number of hydrogen-bond acceptors (Lipinski definition) is 5. The van der Waals surface area contributed by atoms with Gasteiger partial charge in [-0.15, -0.1) is 0 Å². The second-order valence-corrected chi connectivity index (χ2v) is 7.30. The van der Waals surface area contributed by atoms with Crippen LogP contribution in [0.25, 0.3) is 0 Å². The van der Waals surface area contributed by atoms with Gasteiger partial charge in [0.1, 0.15) is 6.04 Å². The number of carbonyl (C=O) groups excluding carboxylic acids is 2. The van der Waals surface area contributed by atoms with Crippen molar-refractivity contribution < 1.29 is 19.5 Å². The molecular weight excluding hydrogens is 366 g/mol. The van der Waals surface area contributed by atoms with Crippen molar-refractivity contribution in [2.45, 2.75) is 49.4 Å². The van der Waals surface area contributed by atoms with Crippen LogP contribution in [0.1, 0.15) is 43.7 Å². The van der Waals surface area contributed by atoms with Crippen molar-refractivity contribution in [3.8, 4) is 0 Å². The first kappa shape index (κ1) is 21.2. The summed E-state index contributed by atoms with van der Waals surface area (Å²) in [6.07, 6.45) is 3.15. The topological polar surface area (TPSA) is 113 Å². The van der Waals surface area contributed by atoms with Gasteiger partial charge < -0.3 is 21.1 Å². The van der Waals surface area contributed by atoms with Crippen LogP contribution >= 0.6 is 12.6 Å². The lowest BCUT2D eigenvalue weighted by Gasteiger charge is -2.29. The molecule has 0 radical (unpaired) electrons. The fourth-order valence-electron chi connectivity index (χ4n) is 3.39. The van der Waals surface area contributed by atoms with Crippen LogP contribution in [0.2, 0.25) is 0 Å². The first-order valence-corrected chi connectivity index (χ1v) is 9.72. The van der Waals surface area contributed by atoms with Crippen LogP contribution in [0, 0.1) is 0 Å². The average Bonchev–Trinajstić information content (AvgIpc) is 3.12. The zero-order chi connectivity index (χ0) is 19.8. The first-order chi connectivity index (χ1) is 13.0. The van der Waals surface area contributed by atoms with Crippen molar-refractivity contribution >= 4 is 30.4 Å². The van der Waals surface area contributed by atoms with Crippen LogP contribution in [-0.2, 0) is 14.4 Å². The number of likely N-dealkylation sites (tertiary alicyclic amines) is 1. The molecule has 0 bridgehead atoms. The van der Waals surface area contributed by atoms with Gasteiger partial charge in [-0.1, -0.05) is 36.8 Å². The van der Waals surface area contributed by atoms with Crippen molar-refractivity contribution in [3.63, 3.8) is 0 Å². The first-order valence-electron chi connectivity index (χ1n) is 9.20. The van der Waals surface area contributed by atoms with Gasteiger partial charge >= 0.3 is 5.97 Å². The number of nitrogens with two attached hydrogens (primary N) is 1. The molecule has 27 heavy (non-hydrogen) atoms. The third-order valence-electron chi connectivity index (χ3n) is 4.79. The lowest BCUT2D eigenvalue weighted by Crippen LogP contribution is -2.47. The number of hydrogen-bond donors (Lipinski definition) is 4. The van der Waals surface area contributed by atoms with E-state index in [1.807, 2.05) is 30.3 Å². The summed E-state index contributed by atoms with van der Waals surface area (Å²) in [4.78, 5) is 37.8. The van der Waals surface area contributed by atoms with E-state index in [4.69, 9.17) is 5.73 Å². The van der Waals surface area contributed by atoms with Crippen LogP contribution in [0.3, 0.4) is 0 Å². The predicted molar refractivity (Wildman–Crippen MR) is 105 cm³/mol. The van der Waals surface area contributed by atoms with E-state index < -0.39 is 23.2 Å². The fraction of sp³-hybridized carbons (Fsp3) is 0.526. The Balaban J connectivity index is 2.00. The predicted octanol–water partition coefficient (Wildman–Crippen LogP) is 1.35. The molecule has 1 fully saturated rings. The molecule has 3 atom stereocenters. The van der Waals surface area contributed by atoms with Crippen molar-refractivity contribution in [2.75, 3.05) is 13.1 Å². The number of amides is 2. The number of nitrogens with one attached hydrogen (secondary N) is 1. The molecule has 0 aliphatic carbocycles. The number of rotatable bonds is 9. The molecule has 1 aromatic carbocycles. The molecule has 2 rings (SSSR count). The molecule has 2 amide bonds. The smallest absolute Gasteiger partial charge is 0.326 e. The average molecular weight is 394 g/mol. The maximum atomic E-state index is 12.7. The molecular formula is C19H27N3O4S. The molecule has 8 heteroatoms. The highest BCUT2D eigenvalue weighted by atomic mass is 32.1. The second kappa shape index (κ2) is 10.3. The summed E-state index contributed by atoms with van der Waals surface area (Å²) in [5.74, 6) is -1.75. The summed E-state index contributed by atoms with van der Waals surface area (Å²) in [5, 5.41) is 11.6. The minimum absolute atomic E-state index is 0.236. The summed E-state index contributed by atoms with van der Waals surface area (Å²) in [5.41, 5.74) is 6.33. The van der Waals surface area contributed by atoms with Gasteiger partial charge in [0.05, 0.1) is 17.8 Å². The van der Waals surface area contributed by atoms with E-state index in [1.165, 1.54) is 4.90 Å². The lowest BCUT2D eigenvalue weighted by atomic mass is 10.0. The number of carboxylic acid groups (broad SMARTS) is 1. The van der Waals surface area contributed by atoms with Crippen LogP contribution in [-0.4, -0.2) is 52.2 Å². The van der Waals surface area contributed by atoms with Gasteiger partial charge in [0.25, 0.3) is 0 Å². The molecule has 0 unspecified atom stereocenters. The highest BCUT2D eigenvalue weighted by Crippen LogP contribution is 2.36. The molecule has 1 aliphatic heterocycles. The van der Waals surface area contributed by atoms with Gasteiger partial charge in [0, 0.05) is 0 Å². The molecule has 0 saturated carbocycles. The Morgan fingerprint density at radius 3 is 2.56 bits per heavy atom. The van der Waals surface area contributed by atoms with Crippen molar-refractivity contribution in [1.82, 2.24) is 10.2 Å². The Hall–Kier alpha value is -2.06. The maximum Gasteiger partial charge on any atom is 0.326 e. The van der Waals surface area contributed by atoms with Gasteiger partial charge in [0.15, 0.2) is 0 Å². The van der Waals surface area contributed by atoms with E-state index in [1.54, 1.807) is 0 Å². The van der Waals surface area contributed by atoms with E-state index >= 15 is 0 Å². The molecule has 1 aromatic rings. The Kier molecular flexibility index (Phi) is 8.12. The second-order valence-electron chi connectivity index (χ2n) is 6.68. The van der Waals surface area contributed by atoms with E-state index in [0.717, 1.165) is 18.4 Å². The third kappa shape index (κ3) is 5.71. The van der Waals surface area contributed by atoms with Crippen molar-refractivity contribution in [3.05, 3.63) is 35.9 Å². The summed E-state index contributed by atoms with van der Waals surface area (Å²) in [7, 11) is 0. The van der Waals surface area contributed by atoms with Gasteiger partial charge in [-0.3, -0.25) is 9.59 Å². The summed E-state index contributed by atoms with van der Waals surface area (Å²) in [6.45, 7) is 0.326. The van der Waals surface area contributed by atoms with E-state index in [0.29, 0.717) is 25.8 Å². The Labute approximate surface area is 164 Å². The maximum absolute atomic E-state index is 12.7. The minimum atomic E-state index is -1.03. The molecule has 7 nitrogen and oxygen atoms in total. The monoisotopic (exact) mass is 393 g/mol. The molecule has 1 aliphatic rings. The number of aliphatic carboxylic acids is 1. The Morgan fingerprint density at radius 2 is 1.93 bits per heavy atom.